The zero-order valence-corrected chi connectivity index (χ0v) is 34.2. The highest BCUT2D eigenvalue weighted by Gasteiger charge is 2.68. The number of aromatic nitrogens is 6. The van der Waals surface area contributed by atoms with Gasteiger partial charge in [0, 0.05) is 30.0 Å². The number of nitrogens with zero attached hydrogens (tertiary/aromatic N) is 6. The van der Waals surface area contributed by atoms with Crippen LogP contribution in [0.5, 0.6) is 0 Å². The Kier molecular flexibility index (Phi) is 10.2. The maximum Gasteiger partial charge on any atom is 0.293 e. The molecule has 4 atom stereocenters. The van der Waals surface area contributed by atoms with Gasteiger partial charge in [0.15, 0.2) is 5.82 Å². The van der Waals surface area contributed by atoms with Crippen LogP contribution < -0.4 is 16.0 Å². The van der Waals surface area contributed by atoms with Gasteiger partial charge in [0.2, 0.25) is 15.9 Å². The highest BCUT2D eigenvalue weighted by atomic mass is 35.5. The Balaban J connectivity index is 1.40. The fourth-order valence-corrected chi connectivity index (χ4v) is 10.3. The number of nitrogens with one attached hydrogen (secondary N) is 1. The van der Waals surface area contributed by atoms with E-state index in [2.05, 4.69) is 19.9 Å². The lowest BCUT2D eigenvalue weighted by molar-refractivity contribution is -0.122. The fourth-order valence-electron chi connectivity index (χ4n) is 8.76. The molecule has 12 nitrogen and oxygen atoms in total. The van der Waals surface area contributed by atoms with Gasteiger partial charge in [-0.3, -0.25) is 23.6 Å². The van der Waals surface area contributed by atoms with Crippen LogP contribution in [-0.4, -0.2) is 55.1 Å². The predicted molar refractivity (Wildman–Crippen MR) is 210 cm³/mol. The molecule has 338 valence electrons. The van der Waals surface area contributed by atoms with Gasteiger partial charge in [-0.2, -0.15) is 19.0 Å². The SMILES string of the molecule is CC(F)(F)c1ccc2c(=O)n(-c3ccc(Cl)c4c(NS(=O)(=O)C5CC5)nn(CC(F)F)c34)c([C@@H](Cc3cc(F)cc(F)c3)C(C(N)=O)n3nc(C(F)F)c4c3C(F)(F)[C@@H]3C[C@H]43)nc2c1. The van der Waals surface area contributed by atoms with Crippen molar-refractivity contribution in [3.8, 4) is 5.69 Å². The number of nitrogens with two attached hydrogens (primary N) is 1. The van der Waals surface area contributed by atoms with Crippen molar-refractivity contribution in [1.82, 2.24) is 29.1 Å². The van der Waals surface area contributed by atoms with E-state index in [1.807, 2.05) is 0 Å². The molecule has 3 aliphatic rings. The van der Waals surface area contributed by atoms with Gasteiger partial charge in [0.1, 0.15) is 41.4 Å². The summed E-state index contributed by atoms with van der Waals surface area (Å²) in [5, 5.41) is 5.93. The topological polar surface area (TPSA) is 160 Å². The number of rotatable bonds is 14. The Morgan fingerprint density at radius 2 is 1.72 bits per heavy atom. The highest BCUT2D eigenvalue weighted by Crippen LogP contribution is 2.68. The van der Waals surface area contributed by atoms with Crippen LogP contribution >= 0.6 is 11.6 Å². The third-order valence-electron chi connectivity index (χ3n) is 11.7. The first kappa shape index (κ1) is 43.5. The maximum atomic E-state index is 16.2. The van der Waals surface area contributed by atoms with E-state index in [0.29, 0.717) is 22.2 Å². The van der Waals surface area contributed by atoms with E-state index in [1.165, 1.54) is 0 Å². The van der Waals surface area contributed by atoms with Gasteiger partial charge in [-0.05, 0) is 73.6 Å². The summed E-state index contributed by atoms with van der Waals surface area (Å²) in [5.41, 5.74) is -0.575. The molecule has 64 heavy (non-hydrogen) atoms. The van der Waals surface area contributed by atoms with Crippen LogP contribution in [-0.2, 0) is 39.6 Å². The van der Waals surface area contributed by atoms with E-state index in [9.17, 15) is 48.3 Å². The van der Waals surface area contributed by atoms with Gasteiger partial charge in [0.25, 0.3) is 30.3 Å². The molecular formula is C40H31ClF10N8O4S. The summed E-state index contributed by atoms with van der Waals surface area (Å²) in [6.45, 7) is -0.744. The van der Waals surface area contributed by atoms with Crippen LogP contribution in [0.2, 0.25) is 5.02 Å². The first-order valence-corrected chi connectivity index (χ1v) is 21.4. The second-order valence-corrected chi connectivity index (χ2v) is 18.6. The van der Waals surface area contributed by atoms with Crippen molar-refractivity contribution in [3.63, 3.8) is 0 Å². The average molecular weight is 945 g/mol. The molecule has 2 fully saturated rings. The minimum Gasteiger partial charge on any atom is -0.368 e. The van der Waals surface area contributed by atoms with E-state index >= 15 is 13.6 Å². The van der Waals surface area contributed by atoms with Gasteiger partial charge < -0.3 is 5.73 Å². The summed E-state index contributed by atoms with van der Waals surface area (Å²) in [4.78, 5) is 33.5. The summed E-state index contributed by atoms with van der Waals surface area (Å²) in [5.74, 6) is -17.4. The van der Waals surface area contributed by atoms with E-state index in [-0.39, 0.29) is 39.9 Å². The Labute approximate surface area is 359 Å². The predicted octanol–water partition coefficient (Wildman–Crippen LogP) is 8.34. The number of anilines is 1. The number of sulfonamides is 1. The molecule has 0 aliphatic heterocycles. The number of carbonyl (C=O) groups is 1. The molecule has 3 aliphatic carbocycles. The number of hydrogen-bond donors (Lipinski definition) is 2. The zero-order valence-electron chi connectivity index (χ0n) is 32.7. The second kappa shape index (κ2) is 14.9. The molecule has 0 radical (unpaired) electrons. The average Bonchev–Trinajstić information content (AvgIpc) is 4.11. The normalized spacial score (nSPS) is 19.1. The quantitative estimate of drug-likeness (QED) is 0.104. The minimum atomic E-state index is -4.18. The van der Waals surface area contributed by atoms with Crippen LogP contribution in [0.4, 0.5) is 49.7 Å². The monoisotopic (exact) mass is 944 g/mol. The summed E-state index contributed by atoms with van der Waals surface area (Å²) in [6.07, 6.45) is -7.23. The molecule has 1 unspecified atom stereocenters. The minimum absolute atomic E-state index is 0.202. The lowest BCUT2D eigenvalue weighted by Crippen LogP contribution is -2.39. The van der Waals surface area contributed by atoms with Crippen LogP contribution in [0, 0.1) is 17.6 Å². The largest absolute Gasteiger partial charge is 0.368 e. The van der Waals surface area contributed by atoms with Gasteiger partial charge in [0.05, 0.1) is 43.7 Å². The number of benzene rings is 3. The number of hydrogen-bond acceptors (Lipinski definition) is 7. The summed E-state index contributed by atoms with van der Waals surface area (Å²) in [6, 6.07) is 4.37. The number of halogens is 11. The lowest BCUT2D eigenvalue weighted by Gasteiger charge is -2.30. The summed E-state index contributed by atoms with van der Waals surface area (Å²) < 4.78 is 180. The molecule has 24 heteroatoms. The van der Waals surface area contributed by atoms with Crippen molar-refractivity contribution in [2.45, 2.75) is 87.0 Å². The van der Waals surface area contributed by atoms with Crippen molar-refractivity contribution in [2.75, 3.05) is 4.72 Å². The lowest BCUT2D eigenvalue weighted by atomic mass is 9.89. The van der Waals surface area contributed by atoms with Crippen molar-refractivity contribution in [2.24, 2.45) is 11.7 Å². The Morgan fingerprint density at radius 1 is 1.03 bits per heavy atom. The molecule has 6 aromatic rings. The standard InChI is InChI=1S/C40H31ClF10N8O4S/c1-39(48,49)16-2-5-20-25(11-16)53-37(58(38(20)61)26-7-6-24(41)29-32(26)57(14-27(44)45)55-36(29)56-64(62,63)19-3-4-19)22(10-15-8-17(42)12-18(43)9-15)31(35(52)60)59-33-28(30(54-59)34(46)47)21-13-23(21)40(33,50)51/h2,5-9,11-12,19,21-23,27,31,34H,3-4,10,13-14H2,1H3,(H2,52,60)(H,55,56)/t21-,22-,23+,31?/m0/s1. The number of primary amides is 1. The fraction of sp³-hybridized carbons (Fsp3) is 0.375. The first-order chi connectivity index (χ1) is 30.0. The van der Waals surface area contributed by atoms with Gasteiger partial charge in [-0.25, -0.2) is 53.2 Å². The van der Waals surface area contributed by atoms with Crippen LogP contribution in [0.15, 0.2) is 53.3 Å². The Hall–Kier alpha value is -5.71. The number of fused-ring (bicyclic) bond motifs is 5. The van der Waals surface area contributed by atoms with Crippen LogP contribution in [0.1, 0.15) is 84.4 Å². The van der Waals surface area contributed by atoms with Crippen molar-refractivity contribution < 1.29 is 57.1 Å². The number of carbonyl (C=O) groups excluding carboxylic acids is 1. The smallest absolute Gasteiger partial charge is 0.293 e. The van der Waals surface area contributed by atoms with Gasteiger partial charge in [-0.1, -0.05) is 17.7 Å². The van der Waals surface area contributed by atoms with Crippen molar-refractivity contribution in [1.29, 1.82) is 0 Å². The van der Waals surface area contributed by atoms with E-state index < -0.39 is 156 Å². The van der Waals surface area contributed by atoms with E-state index in [0.717, 1.165) is 42.5 Å². The molecule has 3 aromatic carbocycles. The summed E-state index contributed by atoms with van der Waals surface area (Å²) in [7, 11) is -4.18. The number of amides is 1. The molecule has 0 saturated heterocycles. The maximum absolute atomic E-state index is 16.2. The molecule has 3 N–H and O–H groups in total. The summed E-state index contributed by atoms with van der Waals surface area (Å²) >= 11 is 6.60. The second-order valence-electron chi connectivity index (χ2n) is 16.2. The molecule has 3 aromatic heterocycles. The molecule has 0 bridgehead atoms. The van der Waals surface area contributed by atoms with Crippen LogP contribution in [0.3, 0.4) is 0 Å². The third kappa shape index (κ3) is 7.23. The zero-order chi connectivity index (χ0) is 46.1. The van der Waals surface area contributed by atoms with Crippen molar-refractivity contribution in [3.05, 3.63) is 109 Å². The van der Waals surface area contributed by atoms with E-state index in [1.54, 1.807) is 0 Å². The van der Waals surface area contributed by atoms with Crippen molar-refractivity contribution >= 4 is 55.2 Å². The third-order valence-corrected chi connectivity index (χ3v) is 13.9. The molecule has 2 saturated carbocycles. The van der Waals surface area contributed by atoms with Gasteiger partial charge >= 0.3 is 0 Å². The molecular weight excluding hydrogens is 914 g/mol. The number of alkyl halides is 8. The van der Waals surface area contributed by atoms with Gasteiger partial charge in [-0.15, -0.1) is 0 Å². The van der Waals surface area contributed by atoms with E-state index in [4.69, 9.17) is 17.3 Å². The Bertz CT molecular complexity index is 3090. The molecule has 0 spiro atoms. The highest BCUT2D eigenvalue weighted by molar-refractivity contribution is 7.93. The molecule has 1 amide bonds. The first-order valence-electron chi connectivity index (χ1n) is 19.4. The molecule has 3 heterocycles. The molecule has 9 rings (SSSR count). The van der Waals surface area contributed by atoms with Crippen LogP contribution in [0.25, 0.3) is 27.5 Å². The Morgan fingerprint density at radius 3 is 2.33 bits per heavy atom.